The van der Waals surface area contributed by atoms with E-state index in [1.54, 1.807) is 36.4 Å². The Kier molecular flexibility index (Phi) is 4.87. The summed E-state index contributed by atoms with van der Waals surface area (Å²) >= 11 is 0. The second kappa shape index (κ2) is 7.25. The predicted octanol–water partition coefficient (Wildman–Crippen LogP) is 3.48. The molecule has 0 radical (unpaired) electrons. The first-order valence-electron chi connectivity index (χ1n) is 7.58. The van der Waals surface area contributed by atoms with Crippen LogP contribution in [0.4, 0.5) is 0 Å². The molecule has 0 N–H and O–H groups in total. The lowest BCUT2D eigenvalue weighted by Gasteiger charge is -2.05. The first-order chi connectivity index (χ1) is 12.5. The number of benzene rings is 3. The van der Waals surface area contributed by atoms with Crippen LogP contribution in [0.2, 0.25) is 0 Å². The number of nitrogens with zero attached hydrogens (tertiary/aromatic N) is 2. The summed E-state index contributed by atoms with van der Waals surface area (Å²) in [5, 5.41) is 14.4. The molecule has 3 rings (SSSR count). The average molecular weight is 366 g/mol. The van der Waals surface area contributed by atoms with Gasteiger partial charge in [-0.15, -0.1) is 0 Å². The van der Waals surface area contributed by atoms with Crippen LogP contribution in [-0.4, -0.2) is 21.2 Å². The van der Waals surface area contributed by atoms with Crippen molar-refractivity contribution >= 4 is 26.6 Å². The molecule has 0 unspecified atom stereocenters. The summed E-state index contributed by atoms with van der Waals surface area (Å²) in [6, 6.07) is 20.3. The molecule has 0 amide bonds. The topological polar surface area (TPSA) is 88.8 Å². The molecule has 0 heterocycles. The molecule has 0 aromatic heterocycles. The summed E-state index contributed by atoms with van der Waals surface area (Å²) in [6.45, 7) is 0. The molecule has 0 aliphatic carbocycles. The molecule has 0 fully saturated rings. The van der Waals surface area contributed by atoms with Crippen molar-refractivity contribution in [3.63, 3.8) is 0 Å². The van der Waals surface area contributed by atoms with Crippen molar-refractivity contribution in [2.45, 2.75) is 4.90 Å². The van der Waals surface area contributed by atoms with Crippen LogP contribution in [0.25, 0.3) is 10.8 Å². The first-order valence-corrected chi connectivity index (χ1v) is 8.99. The summed E-state index contributed by atoms with van der Waals surface area (Å²) in [5.74, 6) is 0.607. The van der Waals surface area contributed by atoms with Gasteiger partial charge in [-0.25, -0.2) is 0 Å². The highest BCUT2D eigenvalue weighted by Gasteiger charge is 2.17. The third-order valence-electron chi connectivity index (χ3n) is 3.71. The number of ether oxygens (including phenoxy) is 1. The largest absolute Gasteiger partial charge is 0.497 e. The van der Waals surface area contributed by atoms with Crippen molar-refractivity contribution in [3.05, 3.63) is 72.3 Å². The second-order valence-corrected chi connectivity index (χ2v) is 6.85. The Labute approximate surface area is 151 Å². The molecule has 0 atom stereocenters. The highest BCUT2D eigenvalue weighted by atomic mass is 32.2. The quantitative estimate of drug-likeness (QED) is 0.509. The zero-order chi connectivity index (χ0) is 18.6. The maximum Gasteiger partial charge on any atom is 0.358 e. The van der Waals surface area contributed by atoms with Crippen LogP contribution in [0, 0.1) is 11.3 Å². The van der Waals surface area contributed by atoms with E-state index in [9.17, 15) is 13.7 Å². The number of hydrogen-bond donors (Lipinski definition) is 0. The van der Waals surface area contributed by atoms with Crippen LogP contribution < -0.4 is 4.74 Å². The molecule has 0 bridgehead atoms. The van der Waals surface area contributed by atoms with Gasteiger partial charge in [0.05, 0.1) is 7.11 Å². The number of rotatable bonds is 5. The Hall–Kier alpha value is -3.37. The van der Waals surface area contributed by atoms with Crippen LogP contribution in [-0.2, 0) is 14.4 Å². The SMILES string of the molecule is COc1ccc(/C(C#N)=N/OS(=O)(=O)c2ccc3ccccc3c2)cc1. The monoisotopic (exact) mass is 366 g/mol. The molecule has 0 aliphatic heterocycles. The lowest BCUT2D eigenvalue weighted by atomic mass is 10.1. The molecule has 26 heavy (non-hydrogen) atoms. The third-order valence-corrected chi connectivity index (χ3v) is 4.81. The van der Waals surface area contributed by atoms with E-state index in [4.69, 9.17) is 9.02 Å². The van der Waals surface area contributed by atoms with Crippen molar-refractivity contribution < 1.29 is 17.4 Å². The van der Waals surface area contributed by atoms with E-state index in [0.29, 0.717) is 11.3 Å². The third kappa shape index (κ3) is 3.66. The van der Waals surface area contributed by atoms with E-state index < -0.39 is 10.1 Å². The number of fused-ring (bicyclic) bond motifs is 1. The Bertz CT molecular complexity index is 1110. The van der Waals surface area contributed by atoms with E-state index in [2.05, 4.69) is 5.16 Å². The fraction of sp³-hybridized carbons (Fsp3) is 0.0526. The fourth-order valence-electron chi connectivity index (χ4n) is 2.34. The molecule has 0 spiro atoms. The van der Waals surface area contributed by atoms with Gasteiger partial charge in [-0.3, -0.25) is 4.28 Å². The second-order valence-electron chi connectivity index (χ2n) is 5.32. The Balaban J connectivity index is 1.89. The number of oxime groups is 1. The zero-order valence-corrected chi connectivity index (χ0v) is 14.6. The highest BCUT2D eigenvalue weighted by Crippen LogP contribution is 2.21. The molecular formula is C19H14N2O4S. The number of hydrogen-bond acceptors (Lipinski definition) is 6. The van der Waals surface area contributed by atoms with Crippen molar-refractivity contribution in [3.8, 4) is 11.8 Å². The predicted molar refractivity (Wildman–Crippen MR) is 97.4 cm³/mol. The Morgan fingerprint density at radius 1 is 1.00 bits per heavy atom. The summed E-state index contributed by atoms with van der Waals surface area (Å²) < 4.78 is 34.5. The molecule has 0 aliphatic rings. The van der Waals surface area contributed by atoms with Crippen LogP contribution >= 0.6 is 0 Å². The van der Waals surface area contributed by atoms with Gasteiger partial charge in [0.15, 0.2) is 5.71 Å². The van der Waals surface area contributed by atoms with E-state index in [1.807, 2.05) is 24.3 Å². The molecule has 6 nitrogen and oxygen atoms in total. The smallest absolute Gasteiger partial charge is 0.358 e. The van der Waals surface area contributed by atoms with Gasteiger partial charge in [-0.2, -0.15) is 13.7 Å². The van der Waals surface area contributed by atoms with Crippen LogP contribution in [0.5, 0.6) is 5.75 Å². The number of methoxy groups -OCH3 is 1. The standard InChI is InChI=1S/C19H14N2O4S/c1-24-17-9-6-15(7-10-17)19(13-20)21-25-26(22,23)18-11-8-14-4-2-3-5-16(14)12-18/h2-12H,1H3/b21-19+. The minimum absolute atomic E-state index is 0.0352. The molecule has 3 aromatic rings. The summed E-state index contributed by atoms with van der Waals surface area (Å²) in [4.78, 5) is -0.0352. The summed E-state index contributed by atoms with van der Waals surface area (Å²) in [7, 11) is -2.62. The minimum atomic E-state index is -4.14. The Morgan fingerprint density at radius 2 is 1.69 bits per heavy atom. The van der Waals surface area contributed by atoms with E-state index in [0.717, 1.165) is 10.8 Å². The lowest BCUT2D eigenvalue weighted by molar-refractivity contribution is 0.339. The van der Waals surface area contributed by atoms with Crippen LogP contribution in [0.15, 0.2) is 76.8 Å². The van der Waals surface area contributed by atoms with Crippen molar-refractivity contribution in [2.24, 2.45) is 5.16 Å². The van der Waals surface area contributed by atoms with Gasteiger partial charge in [0.2, 0.25) is 0 Å². The van der Waals surface area contributed by atoms with E-state index in [-0.39, 0.29) is 10.6 Å². The minimum Gasteiger partial charge on any atom is -0.497 e. The van der Waals surface area contributed by atoms with Crippen molar-refractivity contribution in [2.75, 3.05) is 7.11 Å². The lowest BCUT2D eigenvalue weighted by Crippen LogP contribution is -2.06. The van der Waals surface area contributed by atoms with Crippen molar-refractivity contribution in [1.29, 1.82) is 5.26 Å². The van der Waals surface area contributed by atoms with Crippen LogP contribution in [0.3, 0.4) is 0 Å². The molecule has 130 valence electrons. The maximum absolute atomic E-state index is 12.4. The normalized spacial score (nSPS) is 11.8. The van der Waals surface area contributed by atoms with Gasteiger partial charge in [-0.05, 0) is 47.2 Å². The van der Waals surface area contributed by atoms with Gasteiger partial charge in [0, 0.05) is 5.56 Å². The molecule has 0 saturated carbocycles. The molecule has 7 heteroatoms. The van der Waals surface area contributed by atoms with Gasteiger partial charge >= 0.3 is 10.1 Å². The van der Waals surface area contributed by atoms with Gasteiger partial charge in [-0.1, -0.05) is 35.5 Å². The van der Waals surface area contributed by atoms with Gasteiger partial charge in [0.1, 0.15) is 16.7 Å². The van der Waals surface area contributed by atoms with Crippen LogP contribution in [0.1, 0.15) is 5.56 Å². The number of nitriles is 1. The molecule has 3 aromatic carbocycles. The zero-order valence-electron chi connectivity index (χ0n) is 13.8. The Morgan fingerprint density at radius 3 is 2.35 bits per heavy atom. The summed E-state index contributed by atoms with van der Waals surface area (Å²) in [5.41, 5.74) is 0.263. The van der Waals surface area contributed by atoms with Crippen molar-refractivity contribution in [1.82, 2.24) is 0 Å². The van der Waals surface area contributed by atoms with Gasteiger partial charge in [0.25, 0.3) is 0 Å². The fourth-order valence-corrected chi connectivity index (χ4v) is 3.10. The van der Waals surface area contributed by atoms with E-state index >= 15 is 0 Å². The maximum atomic E-state index is 12.4. The average Bonchev–Trinajstić information content (AvgIpc) is 2.68. The molecule has 0 saturated heterocycles. The molecular weight excluding hydrogens is 352 g/mol. The van der Waals surface area contributed by atoms with Gasteiger partial charge < -0.3 is 4.74 Å². The highest BCUT2D eigenvalue weighted by molar-refractivity contribution is 7.86. The first kappa shape index (κ1) is 17.5. The van der Waals surface area contributed by atoms with E-state index in [1.165, 1.54) is 19.2 Å². The summed E-state index contributed by atoms with van der Waals surface area (Å²) in [6.07, 6.45) is 0.